The van der Waals surface area contributed by atoms with Crippen molar-refractivity contribution in [1.82, 2.24) is 4.90 Å². The molecule has 0 bridgehead atoms. The highest BCUT2D eigenvalue weighted by Gasteiger charge is 2.24. The van der Waals surface area contributed by atoms with Gasteiger partial charge in [0.2, 0.25) is 0 Å². The molecule has 0 amide bonds. The SMILES string of the molecule is CCCOP(=O)(CCN(CCCO)CCCO)OCCC. The van der Waals surface area contributed by atoms with Crippen molar-refractivity contribution < 1.29 is 23.8 Å². The lowest BCUT2D eigenvalue weighted by atomic mass is 10.3. The van der Waals surface area contributed by atoms with Crippen molar-refractivity contribution in [3.8, 4) is 0 Å². The summed E-state index contributed by atoms with van der Waals surface area (Å²) in [5, 5.41) is 17.8. The molecule has 0 radical (unpaired) electrons. The van der Waals surface area contributed by atoms with E-state index in [1.165, 1.54) is 0 Å². The van der Waals surface area contributed by atoms with Crippen LogP contribution >= 0.6 is 7.60 Å². The fourth-order valence-electron chi connectivity index (χ4n) is 1.82. The fraction of sp³-hybridized carbons (Fsp3) is 1.00. The third-order valence-electron chi connectivity index (χ3n) is 2.94. The Morgan fingerprint density at radius 2 is 1.38 bits per heavy atom. The van der Waals surface area contributed by atoms with Crippen molar-refractivity contribution >= 4 is 7.60 Å². The minimum absolute atomic E-state index is 0.131. The Balaban J connectivity index is 4.38. The van der Waals surface area contributed by atoms with E-state index in [4.69, 9.17) is 19.3 Å². The van der Waals surface area contributed by atoms with Gasteiger partial charge >= 0.3 is 7.60 Å². The van der Waals surface area contributed by atoms with Crippen molar-refractivity contribution in [2.45, 2.75) is 39.5 Å². The second-order valence-corrected chi connectivity index (χ2v) is 7.18. The molecule has 0 heterocycles. The number of aliphatic hydroxyl groups excluding tert-OH is 2. The molecule has 0 aromatic heterocycles. The number of nitrogens with zero attached hydrogens (tertiary/aromatic N) is 1. The van der Waals surface area contributed by atoms with Gasteiger partial charge in [0.05, 0.1) is 19.4 Å². The van der Waals surface area contributed by atoms with E-state index in [2.05, 4.69) is 4.90 Å². The molecule has 0 atom stereocenters. The molecule has 0 unspecified atom stereocenters. The van der Waals surface area contributed by atoms with Crippen LogP contribution in [0.2, 0.25) is 0 Å². The van der Waals surface area contributed by atoms with Gasteiger partial charge in [-0.05, 0) is 25.7 Å². The molecule has 0 aromatic carbocycles. The molecule has 0 aromatic rings. The van der Waals surface area contributed by atoms with Crippen LogP contribution in [0.15, 0.2) is 0 Å². The summed E-state index contributed by atoms with van der Waals surface area (Å²) >= 11 is 0. The summed E-state index contributed by atoms with van der Waals surface area (Å²) in [6, 6.07) is 0. The highest BCUT2D eigenvalue weighted by atomic mass is 31.2. The quantitative estimate of drug-likeness (QED) is 0.449. The minimum Gasteiger partial charge on any atom is -0.396 e. The Morgan fingerprint density at radius 1 is 0.905 bits per heavy atom. The molecule has 21 heavy (non-hydrogen) atoms. The summed E-state index contributed by atoms with van der Waals surface area (Å²) < 4.78 is 23.5. The summed E-state index contributed by atoms with van der Waals surface area (Å²) in [6.07, 6.45) is 3.29. The second-order valence-electron chi connectivity index (χ2n) is 5.00. The molecule has 2 N–H and O–H groups in total. The molecule has 6 nitrogen and oxygen atoms in total. The lowest BCUT2D eigenvalue weighted by molar-refractivity contribution is 0.188. The van der Waals surface area contributed by atoms with Gasteiger partial charge in [0.25, 0.3) is 0 Å². The van der Waals surface area contributed by atoms with Gasteiger partial charge in [0.1, 0.15) is 0 Å². The van der Waals surface area contributed by atoms with E-state index >= 15 is 0 Å². The van der Waals surface area contributed by atoms with Crippen LogP contribution in [0.4, 0.5) is 0 Å². The molecular formula is C14H32NO5P. The Bertz CT molecular complexity index is 258. The zero-order chi connectivity index (χ0) is 16.0. The smallest absolute Gasteiger partial charge is 0.331 e. The summed E-state index contributed by atoms with van der Waals surface area (Å²) in [7, 11) is -3.04. The monoisotopic (exact) mass is 325 g/mol. The Kier molecular flexibility index (Phi) is 13.7. The highest BCUT2D eigenvalue weighted by Crippen LogP contribution is 2.48. The zero-order valence-corrected chi connectivity index (χ0v) is 14.4. The van der Waals surface area contributed by atoms with E-state index in [0.717, 1.165) is 25.9 Å². The largest absolute Gasteiger partial charge is 0.396 e. The molecule has 0 fully saturated rings. The molecule has 0 saturated carbocycles. The van der Waals surface area contributed by atoms with Gasteiger partial charge in [-0.15, -0.1) is 0 Å². The van der Waals surface area contributed by atoms with Crippen molar-refractivity contribution in [2.24, 2.45) is 0 Å². The van der Waals surface area contributed by atoms with Gasteiger partial charge in [0, 0.05) is 32.8 Å². The van der Waals surface area contributed by atoms with E-state index in [0.29, 0.717) is 38.8 Å². The molecule has 0 spiro atoms. The van der Waals surface area contributed by atoms with Crippen molar-refractivity contribution in [3.05, 3.63) is 0 Å². The van der Waals surface area contributed by atoms with Crippen LogP contribution in [0, 0.1) is 0 Å². The Hall–Kier alpha value is 0.0300. The highest BCUT2D eigenvalue weighted by molar-refractivity contribution is 7.53. The summed E-state index contributed by atoms with van der Waals surface area (Å²) in [6.45, 7) is 7.11. The van der Waals surface area contributed by atoms with E-state index in [-0.39, 0.29) is 13.2 Å². The van der Waals surface area contributed by atoms with Crippen LogP contribution in [-0.2, 0) is 13.6 Å². The molecule has 0 rings (SSSR count). The molecule has 128 valence electrons. The maximum atomic E-state index is 12.6. The van der Waals surface area contributed by atoms with Crippen LogP contribution in [0.1, 0.15) is 39.5 Å². The number of hydrogen-bond donors (Lipinski definition) is 2. The maximum Gasteiger partial charge on any atom is 0.331 e. The lowest BCUT2D eigenvalue weighted by Gasteiger charge is -2.24. The first-order valence-corrected chi connectivity index (χ1v) is 9.66. The lowest BCUT2D eigenvalue weighted by Crippen LogP contribution is -2.30. The first-order chi connectivity index (χ1) is 10.1. The van der Waals surface area contributed by atoms with Crippen LogP contribution in [0.5, 0.6) is 0 Å². The van der Waals surface area contributed by atoms with Gasteiger partial charge < -0.3 is 24.2 Å². The van der Waals surface area contributed by atoms with Crippen molar-refractivity contribution in [3.63, 3.8) is 0 Å². The molecule has 0 aliphatic heterocycles. The van der Waals surface area contributed by atoms with Crippen molar-refractivity contribution in [2.75, 3.05) is 52.2 Å². The third-order valence-corrected chi connectivity index (χ3v) is 4.84. The maximum absolute atomic E-state index is 12.6. The Morgan fingerprint density at radius 3 is 1.76 bits per heavy atom. The third kappa shape index (κ3) is 11.3. The fourth-order valence-corrected chi connectivity index (χ4v) is 3.60. The molecule has 7 heteroatoms. The van der Waals surface area contributed by atoms with E-state index in [1.807, 2.05) is 13.8 Å². The standard InChI is InChI=1S/C14H32NO5P/c1-3-12-19-21(18,20-13-4-2)14-9-15(7-5-10-16)8-6-11-17/h16-17H,3-14H2,1-2H3. The van der Waals surface area contributed by atoms with E-state index in [9.17, 15) is 4.57 Å². The predicted octanol–water partition coefficient (Wildman–Crippen LogP) is 2.10. The number of rotatable bonds is 15. The zero-order valence-electron chi connectivity index (χ0n) is 13.5. The molecular weight excluding hydrogens is 293 g/mol. The van der Waals surface area contributed by atoms with Crippen molar-refractivity contribution in [1.29, 1.82) is 0 Å². The average molecular weight is 325 g/mol. The van der Waals surface area contributed by atoms with Crippen LogP contribution in [-0.4, -0.2) is 67.3 Å². The molecule has 0 aliphatic rings. The van der Waals surface area contributed by atoms with Gasteiger partial charge in [-0.1, -0.05) is 13.8 Å². The van der Waals surface area contributed by atoms with Gasteiger partial charge in [-0.3, -0.25) is 4.57 Å². The summed E-state index contributed by atoms with van der Waals surface area (Å²) in [4.78, 5) is 2.09. The second kappa shape index (κ2) is 13.7. The van der Waals surface area contributed by atoms with Crippen LogP contribution in [0.3, 0.4) is 0 Å². The summed E-state index contributed by atoms with van der Waals surface area (Å²) in [5.41, 5.74) is 0. The van der Waals surface area contributed by atoms with Crippen LogP contribution < -0.4 is 0 Å². The molecule has 0 aliphatic carbocycles. The van der Waals surface area contributed by atoms with Gasteiger partial charge in [0.15, 0.2) is 0 Å². The summed E-state index contributed by atoms with van der Waals surface area (Å²) in [5.74, 6) is 0. The minimum atomic E-state index is -3.04. The van der Waals surface area contributed by atoms with E-state index in [1.54, 1.807) is 0 Å². The first kappa shape index (κ1) is 21.0. The van der Waals surface area contributed by atoms with Gasteiger partial charge in [-0.25, -0.2) is 0 Å². The number of aliphatic hydroxyl groups is 2. The van der Waals surface area contributed by atoms with Crippen LogP contribution in [0.25, 0.3) is 0 Å². The normalized spacial score (nSPS) is 12.2. The number of hydrogen-bond acceptors (Lipinski definition) is 6. The first-order valence-electron chi connectivity index (χ1n) is 7.94. The average Bonchev–Trinajstić information content (AvgIpc) is 2.50. The Labute approximate surface area is 129 Å². The molecule has 0 saturated heterocycles. The van der Waals surface area contributed by atoms with Gasteiger partial charge in [-0.2, -0.15) is 0 Å². The predicted molar refractivity (Wildman–Crippen MR) is 84.8 cm³/mol. The van der Waals surface area contributed by atoms with E-state index < -0.39 is 7.60 Å². The topological polar surface area (TPSA) is 79.2 Å².